The van der Waals surface area contributed by atoms with E-state index in [2.05, 4.69) is 58.6 Å². The Hall–Kier alpha value is -0.548. The molecule has 1 aliphatic heterocycles. The number of rotatable bonds is 6. The molecule has 0 saturated carbocycles. The van der Waals surface area contributed by atoms with Gasteiger partial charge in [0.1, 0.15) is 6.73 Å². The van der Waals surface area contributed by atoms with E-state index < -0.39 is 8.07 Å². The smallest absolute Gasteiger partial charge is 0.181 e. The zero-order chi connectivity index (χ0) is 16.6. The summed E-state index contributed by atoms with van der Waals surface area (Å²) < 4.78 is 7.74. The third-order valence-corrected chi connectivity index (χ3v) is 7.39. The second kappa shape index (κ2) is 6.16. The average molecular weight is 320 g/mol. The molecule has 0 N–H and O–H groups in total. The largest absolute Gasteiger partial charge is 0.360 e. The van der Waals surface area contributed by atoms with Crippen molar-refractivity contribution in [2.75, 3.05) is 6.61 Å². The van der Waals surface area contributed by atoms with Crippen molar-refractivity contribution in [3.63, 3.8) is 0 Å². The van der Waals surface area contributed by atoms with Gasteiger partial charge in [0.05, 0.1) is 0 Å². The number of hydrogen-bond acceptors (Lipinski definition) is 2. The Morgan fingerprint density at radius 3 is 2.32 bits per heavy atom. The zero-order valence-electron chi connectivity index (χ0n) is 15.6. The van der Waals surface area contributed by atoms with Crippen molar-refractivity contribution in [1.82, 2.24) is 9.78 Å². The predicted molar refractivity (Wildman–Crippen MR) is 98.9 cm³/mol. The van der Waals surface area contributed by atoms with Crippen LogP contribution >= 0.6 is 0 Å². The lowest BCUT2D eigenvalue weighted by Gasteiger charge is -2.35. The summed E-state index contributed by atoms with van der Waals surface area (Å²) in [4.78, 5) is 0. The van der Waals surface area contributed by atoms with Crippen LogP contribution in [0.25, 0.3) is 0 Å². The fourth-order valence-electron chi connectivity index (χ4n) is 3.29. The van der Waals surface area contributed by atoms with Crippen molar-refractivity contribution in [3.05, 3.63) is 12.4 Å². The molecule has 3 nitrogen and oxygen atoms in total. The third kappa shape index (κ3) is 4.26. The molecule has 2 heterocycles. The SMILES string of the molecule is CC1(C)CB(c2cnn(COCC[Si](C)(C)C)c2)CC1(C)C. The van der Waals surface area contributed by atoms with Gasteiger partial charge in [-0.25, -0.2) is 4.68 Å². The lowest BCUT2D eigenvalue weighted by atomic mass is 9.43. The van der Waals surface area contributed by atoms with Gasteiger partial charge >= 0.3 is 0 Å². The van der Waals surface area contributed by atoms with Crippen molar-refractivity contribution in [2.24, 2.45) is 10.8 Å². The van der Waals surface area contributed by atoms with Crippen molar-refractivity contribution >= 4 is 20.2 Å². The molecule has 1 aromatic heterocycles. The van der Waals surface area contributed by atoms with E-state index in [-0.39, 0.29) is 0 Å². The Morgan fingerprint density at radius 1 is 1.18 bits per heavy atom. The van der Waals surface area contributed by atoms with E-state index in [4.69, 9.17) is 4.74 Å². The summed E-state index contributed by atoms with van der Waals surface area (Å²) in [5.41, 5.74) is 2.17. The van der Waals surface area contributed by atoms with Gasteiger partial charge in [-0.05, 0) is 22.3 Å². The van der Waals surface area contributed by atoms with Crippen LogP contribution in [-0.2, 0) is 11.5 Å². The van der Waals surface area contributed by atoms with Gasteiger partial charge in [0, 0.05) is 27.1 Å². The summed E-state index contributed by atoms with van der Waals surface area (Å²) in [6.45, 7) is 18.8. The maximum absolute atomic E-state index is 5.79. The molecule has 1 fully saturated rings. The first-order valence-corrected chi connectivity index (χ1v) is 12.3. The minimum absolute atomic E-state index is 0.396. The van der Waals surface area contributed by atoms with E-state index in [1.54, 1.807) is 0 Å². The number of hydrogen-bond donors (Lipinski definition) is 0. The Labute approximate surface area is 137 Å². The Kier molecular flexibility index (Phi) is 4.98. The maximum atomic E-state index is 5.79. The predicted octanol–water partition coefficient (Wildman–Crippen LogP) is 3.96. The van der Waals surface area contributed by atoms with Crippen LogP contribution in [-0.4, -0.2) is 31.2 Å². The van der Waals surface area contributed by atoms with Crippen LogP contribution in [0, 0.1) is 10.8 Å². The quantitative estimate of drug-likeness (QED) is 0.586. The molecule has 0 atom stereocenters. The molecule has 0 aromatic carbocycles. The summed E-state index contributed by atoms with van der Waals surface area (Å²) in [7, 11) is -0.998. The summed E-state index contributed by atoms with van der Waals surface area (Å²) in [6, 6.07) is 1.21. The molecule has 5 heteroatoms. The van der Waals surface area contributed by atoms with Crippen LogP contribution in [0.3, 0.4) is 0 Å². The highest BCUT2D eigenvalue weighted by Gasteiger charge is 2.48. The molecule has 1 aliphatic rings. The normalized spacial score (nSPS) is 20.6. The minimum atomic E-state index is -0.998. The molecule has 0 amide bonds. The molecular formula is C17H33BN2OSi. The van der Waals surface area contributed by atoms with E-state index in [0.717, 1.165) is 6.61 Å². The van der Waals surface area contributed by atoms with E-state index in [1.807, 2.05) is 10.9 Å². The van der Waals surface area contributed by atoms with Crippen LogP contribution in [0.2, 0.25) is 38.3 Å². The molecule has 22 heavy (non-hydrogen) atoms. The first-order valence-electron chi connectivity index (χ1n) is 8.60. The summed E-state index contributed by atoms with van der Waals surface area (Å²) in [5.74, 6) is 0. The van der Waals surface area contributed by atoms with E-state index >= 15 is 0 Å². The number of aromatic nitrogens is 2. The molecule has 0 unspecified atom stereocenters. The second-order valence-electron chi connectivity index (χ2n) is 9.53. The Morgan fingerprint density at radius 2 is 1.77 bits per heavy atom. The Balaban J connectivity index is 1.87. The van der Waals surface area contributed by atoms with Crippen LogP contribution in [0.15, 0.2) is 12.4 Å². The van der Waals surface area contributed by atoms with Gasteiger partial charge in [0.2, 0.25) is 0 Å². The van der Waals surface area contributed by atoms with Crippen LogP contribution < -0.4 is 5.46 Å². The molecule has 0 radical (unpaired) electrons. The van der Waals surface area contributed by atoms with Crippen molar-refractivity contribution < 1.29 is 4.74 Å². The lowest BCUT2D eigenvalue weighted by molar-refractivity contribution is 0.0786. The number of ether oxygens (including phenoxy) is 1. The molecule has 2 rings (SSSR count). The minimum Gasteiger partial charge on any atom is -0.360 e. The highest BCUT2D eigenvalue weighted by Crippen LogP contribution is 2.52. The van der Waals surface area contributed by atoms with Gasteiger partial charge in [-0.2, -0.15) is 5.10 Å². The molecule has 0 spiro atoms. The first-order chi connectivity index (χ1) is 10.0. The van der Waals surface area contributed by atoms with Crippen LogP contribution in [0.4, 0.5) is 0 Å². The lowest BCUT2D eigenvalue weighted by Crippen LogP contribution is -2.26. The monoisotopic (exact) mass is 320 g/mol. The van der Waals surface area contributed by atoms with E-state index in [1.165, 1.54) is 24.1 Å². The molecule has 124 valence electrons. The fraction of sp³-hybridized carbons (Fsp3) is 0.824. The summed E-state index contributed by atoms with van der Waals surface area (Å²) >= 11 is 0. The fourth-order valence-corrected chi connectivity index (χ4v) is 4.05. The van der Waals surface area contributed by atoms with Gasteiger partial charge < -0.3 is 4.74 Å². The molecular weight excluding hydrogens is 287 g/mol. The van der Waals surface area contributed by atoms with Gasteiger partial charge in [-0.1, -0.05) is 60.0 Å². The van der Waals surface area contributed by atoms with Gasteiger partial charge in [-0.3, -0.25) is 0 Å². The van der Waals surface area contributed by atoms with Crippen molar-refractivity contribution in [1.29, 1.82) is 0 Å². The van der Waals surface area contributed by atoms with Crippen molar-refractivity contribution in [3.8, 4) is 0 Å². The topological polar surface area (TPSA) is 27.1 Å². The van der Waals surface area contributed by atoms with Gasteiger partial charge in [-0.15, -0.1) is 0 Å². The second-order valence-corrected chi connectivity index (χ2v) is 15.2. The van der Waals surface area contributed by atoms with Gasteiger partial charge in [0.25, 0.3) is 0 Å². The highest BCUT2D eigenvalue weighted by molar-refractivity contribution is 6.76. The zero-order valence-corrected chi connectivity index (χ0v) is 16.6. The molecule has 0 bridgehead atoms. The molecule has 1 saturated heterocycles. The van der Waals surface area contributed by atoms with Crippen molar-refractivity contribution in [2.45, 2.75) is 72.8 Å². The maximum Gasteiger partial charge on any atom is 0.181 e. The third-order valence-electron chi connectivity index (χ3n) is 5.69. The number of nitrogens with zero attached hydrogens (tertiary/aromatic N) is 2. The van der Waals surface area contributed by atoms with Crippen LogP contribution in [0.1, 0.15) is 27.7 Å². The van der Waals surface area contributed by atoms with E-state index in [0.29, 0.717) is 24.3 Å². The first kappa shape index (κ1) is 17.8. The average Bonchev–Trinajstić information content (AvgIpc) is 2.87. The van der Waals surface area contributed by atoms with Crippen LogP contribution in [0.5, 0.6) is 0 Å². The summed E-state index contributed by atoms with van der Waals surface area (Å²) in [6.07, 6.45) is 6.74. The molecule has 1 aromatic rings. The summed E-state index contributed by atoms with van der Waals surface area (Å²) in [5, 5.41) is 4.49. The Bertz CT molecular complexity index is 489. The van der Waals surface area contributed by atoms with E-state index in [9.17, 15) is 0 Å². The molecule has 0 aliphatic carbocycles. The highest BCUT2D eigenvalue weighted by atomic mass is 28.3. The standard InChI is InChI=1S/C17H33BN2OSi/c1-16(2)12-18(13-17(16,3)4)15-10-19-20(11-15)14-21-8-9-22(5,6)7/h10-11H,8-9,12-14H2,1-7H3. The van der Waals surface area contributed by atoms with Gasteiger partial charge in [0.15, 0.2) is 6.71 Å².